The summed E-state index contributed by atoms with van der Waals surface area (Å²) in [5.74, 6) is -1.65. The minimum atomic E-state index is -1.01. The third-order valence-corrected chi connectivity index (χ3v) is 5.28. The van der Waals surface area contributed by atoms with Gasteiger partial charge in [-0.15, -0.1) is 11.3 Å². The lowest BCUT2D eigenvalue weighted by molar-refractivity contribution is -0.123. The molecule has 1 atom stereocenters. The van der Waals surface area contributed by atoms with Gasteiger partial charge in [0.25, 0.3) is 5.91 Å². The molecule has 29 heavy (non-hydrogen) atoms. The Balaban J connectivity index is 1.65. The lowest BCUT2D eigenvalue weighted by Crippen LogP contribution is -2.30. The van der Waals surface area contributed by atoms with Crippen LogP contribution in [0.15, 0.2) is 54.6 Å². The maximum atomic E-state index is 12.5. The Morgan fingerprint density at radius 3 is 2.34 bits per heavy atom. The van der Waals surface area contributed by atoms with Gasteiger partial charge in [0, 0.05) is 16.8 Å². The van der Waals surface area contributed by atoms with E-state index in [-0.39, 0.29) is 0 Å². The second-order valence-electron chi connectivity index (χ2n) is 6.28. The number of hydrogen-bond donors (Lipinski definition) is 2. The van der Waals surface area contributed by atoms with Crippen LogP contribution in [0.25, 0.3) is 10.6 Å². The molecule has 0 saturated carbocycles. The highest BCUT2D eigenvalue weighted by atomic mass is 32.1. The number of amides is 2. The van der Waals surface area contributed by atoms with Crippen LogP contribution in [0.1, 0.15) is 32.6 Å². The van der Waals surface area contributed by atoms with E-state index in [2.05, 4.69) is 10.3 Å². The highest BCUT2D eigenvalue weighted by Crippen LogP contribution is 2.28. The zero-order valence-electron chi connectivity index (χ0n) is 15.8. The van der Waals surface area contributed by atoms with Crippen LogP contribution < -0.4 is 11.1 Å². The Morgan fingerprint density at radius 1 is 1.07 bits per heavy atom. The van der Waals surface area contributed by atoms with Gasteiger partial charge in [0.1, 0.15) is 9.88 Å². The second-order valence-corrected chi connectivity index (χ2v) is 7.28. The summed E-state index contributed by atoms with van der Waals surface area (Å²) in [6.07, 6.45) is -1.01. The van der Waals surface area contributed by atoms with Crippen molar-refractivity contribution in [3.8, 4) is 10.6 Å². The smallest absolute Gasteiger partial charge is 0.351 e. The van der Waals surface area contributed by atoms with Crippen molar-refractivity contribution in [2.24, 2.45) is 5.73 Å². The summed E-state index contributed by atoms with van der Waals surface area (Å²) >= 11 is 1.22. The van der Waals surface area contributed by atoms with Gasteiger partial charge in [-0.25, -0.2) is 9.78 Å². The van der Waals surface area contributed by atoms with Gasteiger partial charge < -0.3 is 15.8 Å². The molecule has 7 nitrogen and oxygen atoms in total. The maximum absolute atomic E-state index is 12.5. The average Bonchev–Trinajstić information content (AvgIpc) is 3.11. The number of carbonyl (C=O) groups excluding carboxylic acids is 3. The quantitative estimate of drug-likeness (QED) is 0.606. The summed E-state index contributed by atoms with van der Waals surface area (Å²) < 4.78 is 5.31. The fraction of sp³-hybridized carbons (Fsp3) is 0.143. The third-order valence-electron chi connectivity index (χ3n) is 4.09. The van der Waals surface area contributed by atoms with Crippen LogP contribution >= 0.6 is 11.3 Å². The van der Waals surface area contributed by atoms with Crippen molar-refractivity contribution in [3.63, 3.8) is 0 Å². The number of benzene rings is 2. The molecule has 8 heteroatoms. The number of carbonyl (C=O) groups is 3. The number of ether oxygens (including phenoxy) is 1. The van der Waals surface area contributed by atoms with Gasteiger partial charge in [-0.05, 0) is 38.1 Å². The number of aryl methyl sites for hydroxylation is 1. The first kappa shape index (κ1) is 20.2. The molecule has 1 aromatic heterocycles. The van der Waals surface area contributed by atoms with Gasteiger partial charge in [0.2, 0.25) is 5.91 Å². The molecule has 0 aliphatic heterocycles. The molecular formula is C21H19N3O4S. The topological polar surface area (TPSA) is 111 Å². The average molecular weight is 409 g/mol. The molecule has 1 heterocycles. The molecule has 0 fully saturated rings. The molecule has 0 unspecified atom stereocenters. The molecule has 2 aromatic carbocycles. The van der Waals surface area contributed by atoms with Crippen molar-refractivity contribution < 1.29 is 19.1 Å². The first-order valence-corrected chi connectivity index (χ1v) is 9.61. The van der Waals surface area contributed by atoms with E-state index in [9.17, 15) is 14.4 Å². The van der Waals surface area contributed by atoms with Gasteiger partial charge in [-0.3, -0.25) is 9.59 Å². The van der Waals surface area contributed by atoms with E-state index >= 15 is 0 Å². The fourth-order valence-corrected chi connectivity index (χ4v) is 3.47. The Morgan fingerprint density at radius 2 is 1.72 bits per heavy atom. The normalized spacial score (nSPS) is 11.5. The molecule has 148 valence electrons. The van der Waals surface area contributed by atoms with E-state index < -0.39 is 23.9 Å². The number of hydrogen-bond acceptors (Lipinski definition) is 6. The number of rotatable bonds is 6. The fourth-order valence-electron chi connectivity index (χ4n) is 2.52. The first-order chi connectivity index (χ1) is 13.8. The Bertz CT molecular complexity index is 1050. The van der Waals surface area contributed by atoms with Crippen LogP contribution in [0.2, 0.25) is 0 Å². The standard InChI is InChI=1S/C21H19N3O4S/c1-12-17(29-20(23-12)15-6-4-3-5-7-15)21(27)28-13(2)19(26)24-16-10-8-14(9-11-16)18(22)25/h3-11,13H,1-2H3,(H2,22,25)(H,24,26)/t13-/m1/s1. The van der Waals surface area contributed by atoms with Crippen LogP contribution in [0.3, 0.4) is 0 Å². The largest absolute Gasteiger partial charge is 0.448 e. The lowest BCUT2D eigenvalue weighted by Gasteiger charge is -2.13. The van der Waals surface area contributed by atoms with E-state index in [1.165, 1.54) is 30.4 Å². The summed E-state index contributed by atoms with van der Waals surface area (Å²) in [6, 6.07) is 15.6. The Labute approximate surface area is 171 Å². The summed E-state index contributed by atoms with van der Waals surface area (Å²) in [6.45, 7) is 3.21. The van der Waals surface area contributed by atoms with Crippen LogP contribution in [0.5, 0.6) is 0 Å². The lowest BCUT2D eigenvalue weighted by atomic mass is 10.2. The van der Waals surface area contributed by atoms with Gasteiger partial charge >= 0.3 is 5.97 Å². The van der Waals surface area contributed by atoms with Gasteiger partial charge in [-0.1, -0.05) is 30.3 Å². The van der Waals surface area contributed by atoms with E-state index in [4.69, 9.17) is 10.5 Å². The summed E-state index contributed by atoms with van der Waals surface area (Å²) in [4.78, 5) is 40.7. The number of nitrogens with one attached hydrogen (secondary N) is 1. The number of primary amides is 1. The maximum Gasteiger partial charge on any atom is 0.351 e. The molecule has 0 bridgehead atoms. The number of aromatic nitrogens is 1. The summed E-state index contributed by atoms with van der Waals surface area (Å²) in [7, 11) is 0. The predicted molar refractivity (Wildman–Crippen MR) is 111 cm³/mol. The van der Waals surface area contributed by atoms with Crippen molar-refractivity contribution in [3.05, 3.63) is 70.7 Å². The predicted octanol–water partition coefficient (Wildman–Crippen LogP) is 3.40. The molecule has 2 amide bonds. The molecule has 3 aromatic rings. The van der Waals surface area contributed by atoms with Gasteiger partial charge in [0.05, 0.1) is 5.69 Å². The van der Waals surface area contributed by atoms with E-state index in [0.29, 0.717) is 26.8 Å². The monoisotopic (exact) mass is 409 g/mol. The molecular weight excluding hydrogens is 390 g/mol. The molecule has 0 aliphatic carbocycles. The minimum Gasteiger partial charge on any atom is -0.448 e. The Kier molecular flexibility index (Phi) is 6.04. The van der Waals surface area contributed by atoms with E-state index in [0.717, 1.165) is 5.56 Å². The zero-order chi connectivity index (χ0) is 21.0. The summed E-state index contributed by atoms with van der Waals surface area (Å²) in [5.41, 5.74) is 7.44. The van der Waals surface area contributed by atoms with E-state index in [1.807, 2.05) is 30.3 Å². The highest BCUT2D eigenvalue weighted by molar-refractivity contribution is 7.17. The SMILES string of the molecule is Cc1nc(-c2ccccc2)sc1C(=O)O[C@H](C)C(=O)Nc1ccc(C(N)=O)cc1. The number of anilines is 1. The minimum absolute atomic E-state index is 0.331. The van der Waals surface area contributed by atoms with Crippen molar-refractivity contribution >= 4 is 34.8 Å². The van der Waals surface area contributed by atoms with Gasteiger partial charge in [0.15, 0.2) is 6.10 Å². The first-order valence-electron chi connectivity index (χ1n) is 8.79. The van der Waals surface area contributed by atoms with Gasteiger partial charge in [-0.2, -0.15) is 0 Å². The van der Waals surface area contributed by atoms with Crippen LogP contribution in [0.4, 0.5) is 5.69 Å². The molecule has 0 radical (unpaired) electrons. The van der Waals surface area contributed by atoms with E-state index in [1.54, 1.807) is 19.1 Å². The molecule has 0 aliphatic rings. The number of nitrogens with two attached hydrogens (primary N) is 1. The molecule has 0 spiro atoms. The van der Waals surface area contributed by atoms with Crippen LogP contribution in [-0.2, 0) is 9.53 Å². The second kappa shape index (κ2) is 8.66. The zero-order valence-corrected chi connectivity index (χ0v) is 16.7. The van der Waals surface area contributed by atoms with Crippen molar-refractivity contribution in [1.29, 1.82) is 0 Å². The van der Waals surface area contributed by atoms with Crippen LogP contribution in [0, 0.1) is 6.92 Å². The number of esters is 1. The Hall–Kier alpha value is -3.52. The summed E-state index contributed by atoms with van der Waals surface area (Å²) in [5, 5.41) is 3.34. The molecule has 0 saturated heterocycles. The number of nitrogens with zero attached hydrogens (tertiary/aromatic N) is 1. The number of thiazole rings is 1. The third kappa shape index (κ3) is 4.85. The van der Waals surface area contributed by atoms with Crippen LogP contribution in [-0.4, -0.2) is 28.9 Å². The highest BCUT2D eigenvalue weighted by Gasteiger charge is 2.23. The van der Waals surface area contributed by atoms with Crippen molar-refractivity contribution in [1.82, 2.24) is 4.98 Å². The van der Waals surface area contributed by atoms with Crippen molar-refractivity contribution in [2.75, 3.05) is 5.32 Å². The van der Waals surface area contributed by atoms with Crippen molar-refractivity contribution in [2.45, 2.75) is 20.0 Å². The molecule has 3 N–H and O–H groups in total. The molecule has 3 rings (SSSR count).